The van der Waals surface area contributed by atoms with Crippen LogP contribution in [0.3, 0.4) is 0 Å². The predicted molar refractivity (Wildman–Crippen MR) is 116 cm³/mol. The number of nitrogens with one attached hydrogen (secondary N) is 1. The largest absolute Gasteiger partial charge is 0.489 e. The molecule has 0 radical (unpaired) electrons. The van der Waals surface area contributed by atoms with Crippen LogP contribution in [-0.2, 0) is 19.1 Å². The number of carbonyl (C=O) groups is 2. The Labute approximate surface area is 186 Å². The van der Waals surface area contributed by atoms with Crippen molar-refractivity contribution in [1.82, 2.24) is 4.98 Å². The number of hydrogen-bond donors (Lipinski definition) is 1. The molecule has 2 heterocycles. The van der Waals surface area contributed by atoms with Crippen molar-refractivity contribution in [2.45, 2.75) is 32.3 Å². The van der Waals surface area contributed by atoms with E-state index < -0.39 is 0 Å². The number of ether oxygens (including phenoxy) is 3. The Bertz CT molecular complexity index is 1040. The third-order valence-corrected chi connectivity index (χ3v) is 5.60. The molecule has 1 aliphatic heterocycles. The van der Waals surface area contributed by atoms with Crippen molar-refractivity contribution < 1.29 is 23.8 Å². The van der Waals surface area contributed by atoms with Gasteiger partial charge in [-0.1, -0.05) is 0 Å². The van der Waals surface area contributed by atoms with Gasteiger partial charge in [0.2, 0.25) is 5.91 Å². The number of aromatic nitrogens is 1. The predicted octanol–water partition coefficient (Wildman–Crippen LogP) is 3.32. The first kappa shape index (κ1) is 21.8. The van der Waals surface area contributed by atoms with Crippen molar-refractivity contribution in [3.63, 3.8) is 0 Å². The molecule has 2 aliphatic rings. The number of benzene rings is 1. The molecular formula is C24H25N3O5. The van der Waals surface area contributed by atoms with Crippen molar-refractivity contribution in [2.75, 3.05) is 25.1 Å². The lowest BCUT2D eigenvalue weighted by Crippen LogP contribution is -2.26. The molecule has 1 N–H and O–H groups in total. The van der Waals surface area contributed by atoms with Gasteiger partial charge >= 0.3 is 5.97 Å². The summed E-state index contributed by atoms with van der Waals surface area (Å²) in [6.45, 7) is 3.37. The first-order chi connectivity index (χ1) is 15.6. The van der Waals surface area contributed by atoms with E-state index in [0.29, 0.717) is 48.9 Å². The summed E-state index contributed by atoms with van der Waals surface area (Å²) >= 11 is 0. The number of rotatable bonds is 7. The molecule has 4 rings (SSSR count). The monoisotopic (exact) mass is 435 g/mol. The van der Waals surface area contributed by atoms with E-state index in [1.807, 2.05) is 6.07 Å². The summed E-state index contributed by atoms with van der Waals surface area (Å²) in [4.78, 5) is 28.6. The van der Waals surface area contributed by atoms with E-state index in [0.717, 1.165) is 18.4 Å². The number of esters is 1. The van der Waals surface area contributed by atoms with Crippen LogP contribution in [0, 0.1) is 23.2 Å². The summed E-state index contributed by atoms with van der Waals surface area (Å²) in [6, 6.07) is 11.0. The van der Waals surface area contributed by atoms with Gasteiger partial charge in [0.25, 0.3) is 0 Å². The topological polar surface area (TPSA) is 111 Å². The molecule has 32 heavy (non-hydrogen) atoms. The summed E-state index contributed by atoms with van der Waals surface area (Å²) in [7, 11) is 0. The molecule has 2 atom stereocenters. The number of nitrogens with zero attached hydrogens (tertiary/aromatic N) is 2. The zero-order valence-corrected chi connectivity index (χ0v) is 17.9. The molecule has 1 amide bonds. The summed E-state index contributed by atoms with van der Waals surface area (Å²) in [5.74, 6) is -0.713. The van der Waals surface area contributed by atoms with Crippen molar-refractivity contribution in [1.29, 1.82) is 5.26 Å². The molecule has 2 aromatic rings. The van der Waals surface area contributed by atoms with Crippen LogP contribution in [-0.4, -0.2) is 42.8 Å². The minimum absolute atomic E-state index is 0.0409. The summed E-state index contributed by atoms with van der Waals surface area (Å²) in [6.07, 6.45) is 3.74. The molecule has 0 unspecified atom stereocenters. The van der Waals surface area contributed by atoms with Crippen molar-refractivity contribution in [3.8, 4) is 23.1 Å². The SMILES string of the molecule is CCOC(=O)[C@@H]1C[C@H]1C(=O)Nc1ccnc(-c2ccc(OC3CCOCC3)c(C#N)c2)c1. The minimum atomic E-state index is -0.363. The van der Waals surface area contributed by atoms with Crippen LogP contribution < -0.4 is 10.1 Å². The molecule has 8 heteroatoms. The molecule has 1 aromatic heterocycles. The van der Waals surface area contributed by atoms with Gasteiger partial charge in [-0.25, -0.2) is 0 Å². The molecule has 0 bridgehead atoms. The summed E-state index contributed by atoms with van der Waals surface area (Å²) < 4.78 is 16.3. The summed E-state index contributed by atoms with van der Waals surface area (Å²) in [5, 5.41) is 12.4. The highest BCUT2D eigenvalue weighted by atomic mass is 16.5. The highest BCUT2D eigenvalue weighted by Gasteiger charge is 2.49. The smallest absolute Gasteiger partial charge is 0.309 e. The number of anilines is 1. The Morgan fingerprint density at radius 1 is 1.22 bits per heavy atom. The molecule has 1 saturated heterocycles. The van der Waals surface area contributed by atoms with E-state index in [2.05, 4.69) is 16.4 Å². The third-order valence-electron chi connectivity index (χ3n) is 5.60. The van der Waals surface area contributed by atoms with E-state index in [1.165, 1.54) is 0 Å². The van der Waals surface area contributed by atoms with Crippen molar-refractivity contribution in [2.24, 2.45) is 11.8 Å². The number of nitriles is 1. The van der Waals surface area contributed by atoms with Gasteiger partial charge in [0, 0.05) is 30.3 Å². The molecule has 2 fully saturated rings. The first-order valence-electron chi connectivity index (χ1n) is 10.8. The molecule has 1 aromatic carbocycles. The lowest BCUT2D eigenvalue weighted by molar-refractivity contribution is -0.145. The zero-order chi connectivity index (χ0) is 22.5. The number of hydrogen-bond acceptors (Lipinski definition) is 7. The highest BCUT2D eigenvalue weighted by molar-refractivity contribution is 5.98. The maximum absolute atomic E-state index is 12.5. The fourth-order valence-electron chi connectivity index (χ4n) is 3.75. The van der Waals surface area contributed by atoms with Gasteiger partial charge in [-0.3, -0.25) is 14.6 Å². The van der Waals surface area contributed by atoms with Crippen LogP contribution in [0.4, 0.5) is 5.69 Å². The minimum Gasteiger partial charge on any atom is -0.489 e. The van der Waals surface area contributed by atoms with E-state index in [1.54, 1.807) is 37.4 Å². The van der Waals surface area contributed by atoms with E-state index in [-0.39, 0.29) is 29.8 Å². The van der Waals surface area contributed by atoms with E-state index in [9.17, 15) is 14.9 Å². The van der Waals surface area contributed by atoms with Gasteiger partial charge in [0.05, 0.1) is 42.9 Å². The van der Waals surface area contributed by atoms with Crippen LogP contribution in [0.5, 0.6) is 5.75 Å². The first-order valence-corrected chi connectivity index (χ1v) is 10.8. The normalized spacial score (nSPS) is 20.1. The molecule has 0 spiro atoms. The van der Waals surface area contributed by atoms with Crippen LogP contribution in [0.15, 0.2) is 36.5 Å². The Balaban J connectivity index is 1.44. The molecule has 1 saturated carbocycles. The van der Waals surface area contributed by atoms with Gasteiger partial charge in [0.1, 0.15) is 17.9 Å². The van der Waals surface area contributed by atoms with Gasteiger partial charge in [-0.15, -0.1) is 0 Å². The maximum atomic E-state index is 12.5. The molecular weight excluding hydrogens is 410 g/mol. The quantitative estimate of drug-likeness (QED) is 0.664. The van der Waals surface area contributed by atoms with Crippen molar-refractivity contribution in [3.05, 3.63) is 42.1 Å². The van der Waals surface area contributed by atoms with Gasteiger partial charge in [-0.05, 0) is 43.7 Å². The molecule has 1 aliphatic carbocycles. The third kappa shape index (κ3) is 5.06. The van der Waals surface area contributed by atoms with E-state index in [4.69, 9.17) is 14.2 Å². The Morgan fingerprint density at radius 2 is 2.03 bits per heavy atom. The lowest BCUT2D eigenvalue weighted by Gasteiger charge is -2.23. The fraction of sp³-hybridized carbons (Fsp3) is 0.417. The van der Waals surface area contributed by atoms with E-state index >= 15 is 0 Å². The maximum Gasteiger partial charge on any atom is 0.309 e. The Hall–Kier alpha value is -3.44. The second-order valence-corrected chi connectivity index (χ2v) is 7.87. The second kappa shape index (κ2) is 9.79. The van der Waals surface area contributed by atoms with Crippen LogP contribution in [0.1, 0.15) is 31.7 Å². The number of amides is 1. The molecule has 166 valence electrons. The Kier molecular flexibility index (Phi) is 6.66. The average molecular weight is 435 g/mol. The standard InChI is InChI=1S/C24H25N3O5/c1-2-31-24(29)20-13-19(20)23(28)27-17-5-8-26-21(12-17)15-3-4-22(16(11-15)14-25)32-18-6-9-30-10-7-18/h3-5,8,11-12,18-20H,2,6-7,9-10,13H2,1H3,(H,26,27,28)/t19-,20-/m1/s1. The van der Waals surface area contributed by atoms with Crippen LogP contribution >= 0.6 is 0 Å². The lowest BCUT2D eigenvalue weighted by atomic mass is 10.1. The zero-order valence-electron chi connectivity index (χ0n) is 17.9. The Morgan fingerprint density at radius 3 is 2.78 bits per heavy atom. The summed E-state index contributed by atoms with van der Waals surface area (Å²) in [5.41, 5.74) is 2.37. The van der Waals surface area contributed by atoms with Crippen molar-refractivity contribution >= 4 is 17.6 Å². The van der Waals surface area contributed by atoms with Gasteiger partial charge < -0.3 is 19.5 Å². The molecule has 8 nitrogen and oxygen atoms in total. The average Bonchev–Trinajstić information content (AvgIpc) is 3.62. The number of carbonyl (C=O) groups excluding carboxylic acids is 2. The van der Waals surface area contributed by atoms with Crippen LogP contribution in [0.2, 0.25) is 0 Å². The second-order valence-electron chi connectivity index (χ2n) is 7.87. The van der Waals surface area contributed by atoms with Crippen LogP contribution in [0.25, 0.3) is 11.3 Å². The van der Waals surface area contributed by atoms with Gasteiger partial charge in [0.15, 0.2) is 0 Å². The van der Waals surface area contributed by atoms with Gasteiger partial charge in [-0.2, -0.15) is 5.26 Å². The fourth-order valence-corrected chi connectivity index (χ4v) is 3.75. The highest BCUT2D eigenvalue weighted by Crippen LogP contribution is 2.40. The number of pyridine rings is 1.